The Morgan fingerprint density at radius 2 is 1.83 bits per heavy atom. The molecule has 1 rings (SSSR count). The fourth-order valence-corrected chi connectivity index (χ4v) is 2.40. The van der Waals surface area contributed by atoms with Crippen LogP contribution in [0.3, 0.4) is 0 Å². The van der Waals surface area contributed by atoms with E-state index in [-0.39, 0.29) is 6.54 Å². The molecule has 0 spiro atoms. The smallest absolute Gasteiger partial charge is 0.414 e. The summed E-state index contributed by atoms with van der Waals surface area (Å²) in [6.07, 6.45) is 1.06. The van der Waals surface area contributed by atoms with E-state index in [1.54, 1.807) is 45.0 Å². The van der Waals surface area contributed by atoms with Crippen molar-refractivity contribution in [3.05, 3.63) is 29.3 Å². The number of carbonyl (C=O) groups excluding carboxylic acids is 1. The lowest BCUT2D eigenvalue weighted by molar-refractivity contribution is 0.0580. The standard InChI is InChI=1S/C15H23ClN2O4S/c1-15(2,3)22-14(19)18(11-5-10-17-23(4,20)21)13-8-6-12(16)7-9-13/h6-9,17H,5,10-11H2,1-4H3. The molecule has 0 saturated carbocycles. The number of amides is 1. The van der Waals surface area contributed by atoms with Crippen LogP contribution < -0.4 is 9.62 Å². The number of halogens is 1. The number of anilines is 1. The lowest BCUT2D eigenvalue weighted by atomic mass is 10.2. The zero-order valence-corrected chi connectivity index (χ0v) is 15.4. The van der Waals surface area contributed by atoms with E-state index in [1.165, 1.54) is 4.90 Å². The van der Waals surface area contributed by atoms with Gasteiger partial charge in [0.25, 0.3) is 0 Å². The van der Waals surface area contributed by atoms with Gasteiger partial charge in [0.1, 0.15) is 5.60 Å². The molecule has 1 N–H and O–H groups in total. The van der Waals surface area contributed by atoms with E-state index in [1.807, 2.05) is 0 Å². The van der Waals surface area contributed by atoms with Gasteiger partial charge in [-0.2, -0.15) is 0 Å². The van der Waals surface area contributed by atoms with E-state index in [0.29, 0.717) is 23.7 Å². The van der Waals surface area contributed by atoms with Gasteiger partial charge in [-0.1, -0.05) is 11.6 Å². The minimum atomic E-state index is -3.24. The quantitative estimate of drug-likeness (QED) is 0.789. The highest BCUT2D eigenvalue weighted by Gasteiger charge is 2.23. The highest BCUT2D eigenvalue weighted by atomic mass is 35.5. The Labute approximate surface area is 142 Å². The van der Waals surface area contributed by atoms with Gasteiger partial charge in [0.15, 0.2) is 0 Å². The summed E-state index contributed by atoms with van der Waals surface area (Å²) in [4.78, 5) is 13.8. The normalized spacial score (nSPS) is 12.0. The fraction of sp³-hybridized carbons (Fsp3) is 0.533. The Kier molecular flexibility index (Phi) is 6.85. The number of carbonyl (C=O) groups is 1. The third-order valence-corrected chi connectivity index (χ3v) is 3.66. The van der Waals surface area contributed by atoms with Crippen molar-refractivity contribution in [2.75, 3.05) is 24.2 Å². The van der Waals surface area contributed by atoms with E-state index >= 15 is 0 Å². The van der Waals surface area contributed by atoms with Crippen molar-refractivity contribution >= 4 is 33.4 Å². The zero-order chi connectivity index (χ0) is 17.7. The van der Waals surface area contributed by atoms with Crippen molar-refractivity contribution in [2.45, 2.75) is 32.8 Å². The first-order valence-corrected chi connectivity index (χ1v) is 9.45. The van der Waals surface area contributed by atoms with Crippen LogP contribution in [0.15, 0.2) is 24.3 Å². The predicted molar refractivity (Wildman–Crippen MR) is 92.5 cm³/mol. The maximum absolute atomic E-state index is 12.4. The second kappa shape index (κ2) is 7.99. The van der Waals surface area contributed by atoms with Gasteiger partial charge < -0.3 is 4.74 Å². The molecule has 0 unspecified atom stereocenters. The number of hydrogen-bond acceptors (Lipinski definition) is 4. The SMILES string of the molecule is CC(C)(C)OC(=O)N(CCCNS(C)(=O)=O)c1ccc(Cl)cc1. The van der Waals surface area contributed by atoms with Crippen molar-refractivity contribution in [3.8, 4) is 0 Å². The van der Waals surface area contributed by atoms with Gasteiger partial charge in [-0.25, -0.2) is 17.9 Å². The van der Waals surface area contributed by atoms with E-state index in [0.717, 1.165) is 6.26 Å². The Balaban J connectivity index is 2.80. The molecule has 0 heterocycles. The fourth-order valence-electron chi connectivity index (χ4n) is 1.76. The van der Waals surface area contributed by atoms with Crippen LogP contribution in [0.4, 0.5) is 10.5 Å². The van der Waals surface area contributed by atoms with Crippen molar-refractivity contribution in [1.82, 2.24) is 4.72 Å². The third-order valence-electron chi connectivity index (χ3n) is 2.67. The average molecular weight is 363 g/mol. The molecule has 0 aromatic heterocycles. The van der Waals surface area contributed by atoms with Crippen LogP contribution in [0.5, 0.6) is 0 Å². The minimum absolute atomic E-state index is 0.242. The van der Waals surface area contributed by atoms with Gasteiger partial charge in [-0.05, 0) is 51.5 Å². The molecule has 0 radical (unpaired) electrons. The molecule has 0 aliphatic heterocycles. The van der Waals surface area contributed by atoms with Gasteiger partial charge in [0, 0.05) is 23.8 Å². The average Bonchev–Trinajstić information content (AvgIpc) is 2.37. The van der Waals surface area contributed by atoms with Crippen LogP contribution in [0.25, 0.3) is 0 Å². The van der Waals surface area contributed by atoms with Crippen molar-refractivity contribution in [1.29, 1.82) is 0 Å². The molecule has 0 saturated heterocycles. The first-order chi connectivity index (χ1) is 10.5. The van der Waals surface area contributed by atoms with Crippen LogP contribution in [0.2, 0.25) is 5.02 Å². The van der Waals surface area contributed by atoms with Gasteiger partial charge in [0.05, 0.1) is 6.26 Å². The molecule has 23 heavy (non-hydrogen) atoms. The molecule has 1 amide bonds. The van der Waals surface area contributed by atoms with Crippen molar-refractivity contribution in [3.63, 3.8) is 0 Å². The van der Waals surface area contributed by atoms with Gasteiger partial charge in [0.2, 0.25) is 10.0 Å². The molecule has 6 nitrogen and oxygen atoms in total. The third kappa shape index (κ3) is 8.20. The lowest BCUT2D eigenvalue weighted by Crippen LogP contribution is -2.38. The topological polar surface area (TPSA) is 75.7 Å². The monoisotopic (exact) mass is 362 g/mol. The van der Waals surface area contributed by atoms with E-state index in [4.69, 9.17) is 16.3 Å². The number of benzene rings is 1. The van der Waals surface area contributed by atoms with Gasteiger partial charge in [-0.15, -0.1) is 0 Å². The molecule has 8 heteroatoms. The second-order valence-corrected chi connectivity index (χ2v) is 8.40. The molecule has 1 aromatic carbocycles. The van der Waals surface area contributed by atoms with E-state index in [2.05, 4.69) is 4.72 Å². The summed E-state index contributed by atoms with van der Waals surface area (Å²) < 4.78 is 29.9. The summed E-state index contributed by atoms with van der Waals surface area (Å²) in [6, 6.07) is 6.80. The molecule has 0 aliphatic carbocycles. The maximum Gasteiger partial charge on any atom is 0.414 e. The van der Waals surface area contributed by atoms with Crippen molar-refractivity contribution < 1.29 is 17.9 Å². The van der Waals surface area contributed by atoms with Crippen LogP contribution >= 0.6 is 11.6 Å². The first kappa shape index (κ1) is 19.7. The predicted octanol–water partition coefficient (Wildman–Crippen LogP) is 3.02. The second-order valence-electron chi connectivity index (χ2n) is 6.13. The zero-order valence-electron chi connectivity index (χ0n) is 13.8. The van der Waals surface area contributed by atoms with Crippen molar-refractivity contribution in [2.24, 2.45) is 0 Å². The number of hydrogen-bond donors (Lipinski definition) is 1. The Hall–Kier alpha value is -1.31. The highest BCUT2D eigenvalue weighted by molar-refractivity contribution is 7.88. The van der Waals surface area contributed by atoms with Gasteiger partial charge in [-0.3, -0.25) is 4.90 Å². The number of rotatable bonds is 6. The van der Waals surface area contributed by atoms with E-state index in [9.17, 15) is 13.2 Å². The van der Waals surface area contributed by atoms with Crippen LogP contribution in [-0.2, 0) is 14.8 Å². The first-order valence-electron chi connectivity index (χ1n) is 7.19. The number of nitrogens with one attached hydrogen (secondary N) is 1. The molecule has 0 bridgehead atoms. The Morgan fingerprint density at radius 1 is 1.26 bits per heavy atom. The number of nitrogens with zero attached hydrogens (tertiary/aromatic N) is 1. The molecular weight excluding hydrogens is 340 g/mol. The summed E-state index contributed by atoms with van der Waals surface area (Å²) in [5.74, 6) is 0. The number of sulfonamides is 1. The Bertz CT molecular complexity index is 624. The summed E-state index contributed by atoms with van der Waals surface area (Å²) in [5.41, 5.74) is 0.0234. The summed E-state index contributed by atoms with van der Waals surface area (Å²) >= 11 is 5.87. The minimum Gasteiger partial charge on any atom is -0.443 e. The summed E-state index contributed by atoms with van der Waals surface area (Å²) in [6.45, 7) is 5.92. The molecule has 0 aliphatic rings. The van der Waals surface area contributed by atoms with Gasteiger partial charge >= 0.3 is 6.09 Å². The highest BCUT2D eigenvalue weighted by Crippen LogP contribution is 2.21. The Morgan fingerprint density at radius 3 is 2.30 bits per heavy atom. The molecule has 1 aromatic rings. The maximum atomic E-state index is 12.4. The van der Waals surface area contributed by atoms with Crippen LogP contribution in [0, 0.1) is 0 Å². The van der Waals surface area contributed by atoms with Crippen LogP contribution in [0.1, 0.15) is 27.2 Å². The molecule has 130 valence electrons. The summed E-state index contributed by atoms with van der Waals surface area (Å²) in [7, 11) is -3.24. The molecule has 0 fully saturated rings. The lowest BCUT2D eigenvalue weighted by Gasteiger charge is -2.27. The molecule has 0 atom stereocenters. The number of ether oxygens (including phenoxy) is 1. The van der Waals surface area contributed by atoms with E-state index < -0.39 is 21.7 Å². The van der Waals surface area contributed by atoms with Crippen LogP contribution in [-0.4, -0.2) is 39.5 Å². The largest absolute Gasteiger partial charge is 0.443 e. The molecular formula is C15H23ClN2O4S. The summed E-state index contributed by atoms with van der Waals surface area (Å²) in [5, 5.41) is 0.566.